The molecule has 142 valence electrons. The number of hydrogen-bond acceptors (Lipinski definition) is 5. The van der Waals surface area contributed by atoms with Gasteiger partial charge in [-0.25, -0.2) is 22.9 Å². The molecule has 0 radical (unpaired) electrons. The molecule has 1 aliphatic rings. The van der Waals surface area contributed by atoms with Crippen molar-refractivity contribution in [2.45, 2.75) is 51.3 Å². The molecule has 2 aromatic rings. The van der Waals surface area contributed by atoms with E-state index in [0.717, 1.165) is 16.9 Å². The fourth-order valence-corrected chi connectivity index (χ4v) is 2.96. The molecule has 2 aromatic heterocycles. The number of alkyl halides is 3. The van der Waals surface area contributed by atoms with Crippen molar-refractivity contribution in [2.24, 2.45) is 0 Å². The lowest BCUT2D eigenvalue weighted by molar-refractivity contribution is -0.00853. The molecular weight excluding hydrogens is 351 g/mol. The summed E-state index contributed by atoms with van der Waals surface area (Å²) in [6.07, 6.45) is -1.97. The minimum atomic E-state index is -2.87. The van der Waals surface area contributed by atoms with Gasteiger partial charge in [0.2, 0.25) is 0 Å². The van der Waals surface area contributed by atoms with Crippen LogP contribution in [0.1, 0.15) is 51.4 Å². The third-order valence-electron chi connectivity index (χ3n) is 4.05. The molecule has 1 unspecified atom stereocenters. The van der Waals surface area contributed by atoms with E-state index in [1.54, 1.807) is 20.8 Å². The monoisotopic (exact) mass is 371 g/mol. The Labute approximate surface area is 148 Å². The predicted molar refractivity (Wildman–Crippen MR) is 85.6 cm³/mol. The highest BCUT2D eigenvalue weighted by atomic mass is 19.3. The van der Waals surface area contributed by atoms with E-state index in [0.29, 0.717) is 13.0 Å². The molecule has 10 heteroatoms. The third-order valence-corrected chi connectivity index (χ3v) is 4.05. The maximum atomic E-state index is 15.8. The molecule has 3 rings (SSSR count). The van der Waals surface area contributed by atoms with E-state index in [9.17, 15) is 13.6 Å². The fraction of sp³-hybridized carbons (Fsp3) is 0.625. The normalized spacial score (nSPS) is 21.4. The van der Waals surface area contributed by atoms with E-state index in [-0.39, 0.29) is 24.4 Å². The maximum Gasteiger partial charge on any atom is 0.410 e. The van der Waals surface area contributed by atoms with Gasteiger partial charge in [-0.1, -0.05) is 0 Å². The summed E-state index contributed by atoms with van der Waals surface area (Å²) in [5, 5.41) is 3.89. The molecule has 7 nitrogen and oxygen atoms in total. The number of ether oxygens (including phenoxy) is 1. The van der Waals surface area contributed by atoms with Gasteiger partial charge >= 0.3 is 6.09 Å². The van der Waals surface area contributed by atoms with Gasteiger partial charge in [0.25, 0.3) is 12.2 Å². The Kier molecular flexibility index (Phi) is 4.53. The van der Waals surface area contributed by atoms with Crippen LogP contribution in [0.3, 0.4) is 0 Å². The first-order chi connectivity index (χ1) is 12.1. The highest BCUT2D eigenvalue weighted by Gasteiger charge is 2.42. The van der Waals surface area contributed by atoms with E-state index in [1.165, 1.54) is 4.90 Å². The SMILES string of the molecule is CC(C)(C)OC(=O)N1CCCC(F)(c2cc(C(F)F)nc3ncnn23)C1. The number of aromatic nitrogens is 4. The number of piperidine rings is 1. The van der Waals surface area contributed by atoms with Crippen molar-refractivity contribution >= 4 is 11.9 Å². The van der Waals surface area contributed by atoms with Crippen molar-refractivity contribution in [1.82, 2.24) is 24.5 Å². The van der Waals surface area contributed by atoms with Gasteiger partial charge in [-0.2, -0.15) is 14.6 Å². The van der Waals surface area contributed by atoms with Crippen molar-refractivity contribution in [1.29, 1.82) is 0 Å². The van der Waals surface area contributed by atoms with Crippen molar-refractivity contribution in [2.75, 3.05) is 13.1 Å². The molecule has 0 bridgehead atoms. The Hall–Kier alpha value is -2.39. The zero-order chi connectivity index (χ0) is 19.1. The summed E-state index contributed by atoms with van der Waals surface area (Å²) in [6, 6.07) is 0.991. The van der Waals surface area contributed by atoms with Gasteiger partial charge in [0.05, 0.1) is 12.2 Å². The largest absolute Gasteiger partial charge is 0.444 e. The van der Waals surface area contributed by atoms with Crippen LogP contribution in [0.2, 0.25) is 0 Å². The van der Waals surface area contributed by atoms with Gasteiger partial charge in [0.15, 0.2) is 5.67 Å². The lowest BCUT2D eigenvalue weighted by atomic mass is 9.91. The predicted octanol–water partition coefficient (Wildman–Crippen LogP) is 3.26. The zero-order valence-corrected chi connectivity index (χ0v) is 14.7. The van der Waals surface area contributed by atoms with Gasteiger partial charge < -0.3 is 9.64 Å². The van der Waals surface area contributed by atoms with Crippen molar-refractivity contribution < 1.29 is 22.7 Å². The molecule has 0 N–H and O–H groups in total. The van der Waals surface area contributed by atoms with Gasteiger partial charge in [0.1, 0.15) is 17.6 Å². The van der Waals surface area contributed by atoms with E-state index >= 15 is 4.39 Å². The van der Waals surface area contributed by atoms with Gasteiger partial charge in [-0.15, -0.1) is 0 Å². The number of nitrogens with zero attached hydrogens (tertiary/aromatic N) is 5. The van der Waals surface area contributed by atoms with E-state index < -0.39 is 29.5 Å². The molecule has 1 fully saturated rings. The second kappa shape index (κ2) is 6.40. The minimum Gasteiger partial charge on any atom is -0.444 e. The molecule has 1 atom stereocenters. The van der Waals surface area contributed by atoms with Crippen LogP contribution in [0.5, 0.6) is 0 Å². The molecule has 1 amide bonds. The highest BCUT2D eigenvalue weighted by molar-refractivity contribution is 5.68. The van der Waals surface area contributed by atoms with Crippen molar-refractivity contribution in [3.05, 3.63) is 23.8 Å². The third kappa shape index (κ3) is 3.58. The summed E-state index contributed by atoms with van der Waals surface area (Å²) in [5.74, 6) is -0.107. The van der Waals surface area contributed by atoms with Crippen LogP contribution < -0.4 is 0 Å². The molecular formula is C16H20F3N5O2. The molecule has 0 aliphatic carbocycles. The van der Waals surface area contributed by atoms with Gasteiger partial charge in [-0.3, -0.25) is 0 Å². The van der Waals surface area contributed by atoms with Crippen LogP contribution in [0.4, 0.5) is 18.0 Å². The van der Waals surface area contributed by atoms with Crippen LogP contribution in [0.25, 0.3) is 5.78 Å². The minimum absolute atomic E-state index is 0.0634. The second-order valence-corrected chi connectivity index (χ2v) is 7.31. The second-order valence-electron chi connectivity index (χ2n) is 7.31. The van der Waals surface area contributed by atoms with Gasteiger partial charge in [0, 0.05) is 6.54 Å². The Morgan fingerprint density at radius 1 is 1.38 bits per heavy atom. The smallest absolute Gasteiger partial charge is 0.410 e. The average molecular weight is 371 g/mol. The Morgan fingerprint density at radius 3 is 2.77 bits per heavy atom. The lowest BCUT2D eigenvalue weighted by Gasteiger charge is -2.38. The van der Waals surface area contributed by atoms with Crippen LogP contribution in [-0.2, 0) is 10.4 Å². The lowest BCUT2D eigenvalue weighted by Crippen LogP contribution is -2.48. The molecule has 0 spiro atoms. The number of rotatable bonds is 2. The topological polar surface area (TPSA) is 72.6 Å². The van der Waals surface area contributed by atoms with Crippen LogP contribution in [0.15, 0.2) is 12.4 Å². The molecule has 0 saturated carbocycles. The Morgan fingerprint density at radius 2 is 2.12 bits per heavy atom. The Bertz CT molecular complexity index is 820. The number of carbonyl (C=O) groups excluding carboxylic acids is 1. The number of fused-ring (bicyclic) bond motifs is 1. The fourth-order valence-electron chi connectivity index (χ4n) is 2.96. The van der Waals surface area contributed by atoms with Crippen LogP contribution in [-0.4, -0.2) is 49.3 Å². The molecule has 3 heterocycles. The number of carbonyl (C=O) groups is 1. The summed E-state index contributed by atoms with van der Waals surface area (Å²) in [7, 11) is 0. The summed E-state index contributed by atoms with van der Waals surface area (Å²) < 4.78 is 48.5. The molecule has 0 aromatic carbocycles. The number of amides is 1. The molecule has 1 aliphatic heterocycles. The summed E-state index contributed by atoms with van der Waals surface area (Å²) in [4.78, 5) is 21.0. The number of likely N-dealkylation sites (tertiary alicyclic amines) is 1. The first-order valence-corrected chi connectivity index (χ1v) is 8.25. The van der Waals surface area contributed by atoms with Crippen LogP contribution >= 0.6 is 0 Å². The van der Waals surface area contributed by atoms with Gasteiger partial charge in [-0.05, 0) is 39.7 Å². The first kappa shape index (κ1) is 18.4. The standard InChI is InChI=1S/C16H20F3N5O2/c1-15(2,3)26-14(25)23-6-4-5-16(19,8-23)11-7-10(12(17)18)22-13-20-9-21-24(11)13/h7,9,12H,4-6,8H2,1-3H3. The average Bonchev–Trinajstić information content (AvgIpc) is 3.00. The van der Waals surface area contributed by atoms with E-state index in [2.05, 4.69) is 15.1 Å². The van der Waals surface area contributed by atoms with E-state index in [1.807, 2.05) is 0 Å². The van der Waals surface area contributed by atoms with Crippen molar-refractivity contribution in [3.8, 4) is 0 Å². The quantitative estimate of drug-likeness (QED) is 0.810. The number of hydrogen-bond donors (Lipinski definition) is 0. The Balaban J connectivity index is 1.96. The zero-order valence-electron chi connectivity index (χ0n) is 14.7. The summed E-state index contributed by atoms with van der Waals surface area (Å²) >= 11 is 0. The maximum absolute atomic E-state index is 15.8. The summed E-state index contributed by atoms with van der Waals surface area (Å²) in [6.45, 7) is 5.16. The summed E-state index contributed by atoms with van der Waals surface area (Å²) in [5.41, 5.74) is -3.45. The molecule has 1 saturated heterocycles. The highest BCUT2D eigenvalue weighted by Crippen LogP contribution is 2.37. The number of halogens is 3. The first-order valence-electron chi connectivity index (χ1n) is 8.25. The molecule has 26 heavy (non-hydrogen) atoms. The van der Waals surface area contributed by atoms with E-state index in [4.69, 9.17) is 4.74 Å². The van der Waals surface area contributed by atoms with Crippen LogP contribution in [0, 0.1) is 0 Å². The van der Waals surface area contributed by atoms with Crippen molar-refractivity contribution in [3.63, 3.8) is 0 Å².